The molecule has 1 fully saturated rings. The molecule has 7 heteroatoms. The summed E-state index contributed by atoms with van der Waals surface area (Å²) in [5, 5.41) is 3.88. The molecular weight excluding hydrogens is 519 g/mol. The number of nitrogens with one attached hydrogen (secondary N) is 1. The maximum atomic E-state index is 13.8. The topological polar surface area (TPSA) is 49.4 Å². The van der Waals surface area contributed by atoms with Crippen LogP contribution in [0.3, 0.4) is 0 Å². The molecule has 0 aliphatic heterocycles. The fourth-order valence-corrected chi connectivity index (χ4v) is 5.80. The normalized spacial score (nSPS) is 14.6. The Morgan fingerprint density at radius 3 is 2.24 bits per heavy atom. The Morgan fingerprint density at radius 2 is 1.55 bits per heavy atom. The van der Waals surface area contributed by atoms with E-state index in [0.717, 1.165) is 42.4 Å². The van der Waals surface area contributed by atoms with E-state index >= 15 is 0 Å². The first-order valence-corrected chi connectivity index (χ1v) is 14.7. The lowest BCUT2D eigenvalue weighted by atomic mass is 9.94. The van der Waals surface area contributed by atoms with Crippen LogP contribution < -0.4 is 5.32 Å². The summed E-state index contributed by atoms with van der Waals surface area (Å²) in [5.41, 5.74) is 2.86. The van der Waals surface area contributed by atoms with E-state index in [1.807, 2.05) is 42.5 Å². The Bertz CT molecular complexity index is 1170. The van der Waals surface area contributed by atoms with Crippen LogP contribution in [0.5, 0.6) is 0 Å². The Labute approximate surface area is 234 Å². The van der Waals surface area contributed by atoms with Crippen LogP contribution in [0.25, 0.3) is 0 Å². The first-order valence-electron chi connectivity index (χ1n) is 13.2. The van der Waals surface area contributed by atoms with E-state index in [1.165, 1.54) is 30.3 Å². The maximum absolute atomic E-state index is 13.8. The molecule has 0 unspecified atom stereocenters. The molecule has 3 aromatic rings. The van der Waals surface area contributed by atoms with Gasteiger partial charge in [-0.25, -0.2) is 4.39 Å². The fourth-order valence-electron chi connectivity index (χ4n) is 4.80. The Morgan fingerprint density at radius 1 is 0.895 bits per heavy atom. The van der Waals surface area contributed by atoms with Gasteiger partial charge in [-0.05, 0) is 53.8 Å². The highest BCUT2D eigenvalue weighted by Gasteiger charge is 2.31. The summed E-state index contributed by atoms with van der Waals surface area (Å²) in [7, 11) is 0. The van der Waals surface area contributed by atoms with Gasteiger partial charge in [-0.15, -0.1) is 11.8 Å². The zero-order chi connectivity index (χ0) is 26.7. The van der Waals surface area contributed by atoms with Gasteiger partial charge >= 0.3 is 0 Å². The molecule has 1 atom stereocenters. The van der Waals surface area contributed by atoms with Gasteiger partial charge in [-0.3, -0.25) is 9.59 Å². The first-order chi connectivity index (χ1) is 18.5. The summed E-state index contributed by atoms with van der Waals surface area (Å²) in [6, 6.07) is 23.1. The van der Waals surface area contributed by atoms with E-state index < -0.39 is 6.04 Å². The second-order valence-corrected chi connectivity index (χ2v) is 11.2. The van der Waals surface area contributed by atoms with Gasteiger partial charge in [-0.1, -0.05) is 85.5 Å². The number of thioether (sulfide) groups is 1. The van der Waals surface area contributed by atoms with Crippen LogP contribution in [-0.4, -0.2) is 34.6 Å². The van der Waals surface area contributed by atoms with Crippen LogP contribution in [0.15, 0.2) is 78.9 Å². The van der Waals surface area contributed by atoms with E-state index in [2.05, 4.69) is 5.32 Å². The molecule has 200 valence electrons. The van der Waals surface area contributed by atoms with Crippen molar-refractivity contribution in [1.82, 2.24) is 10.2 Å². The van der Waals surface area contributed by atoms with Gasteiger partial charge in [0.25, 0.3) is 0 Å². The van der Waals surface area contributed by atoms with Crippen LogP contribution in [0.1, 0.15) is 48.8 Å². The van der Waals surface area contributed by atoms with Crippen LogP contribution in [0.2, 0.25) is 5.02 Å². The molecule has 0 aromatic heterocycles. The molecule has 1 saturated carbocycles. The lowest BCUT2D eigenvalue weighted by molar-refractivity contribution is -0.139. The molecule has 4 rings (SSSR count). The molecule has 0 bridgehead atoms. The number of benzene rings is 3. The zero-order valence-electron chi connectivity index (χ0n) is 21.5. The Balaban J connectivity index is 1.55. The third-order valence-electron chi connectivity index (χ3n) is 6.90. The number of rotatable bonds is 11. The van der Waals surface area contributed by atoms with Crippen molar-refractivity contribution in [2.45, 2.75) is 62.9 Å². The smallest absolute Gasteiger partial charge is 0.243 e. The van der Waals surface area contributed by atoms with Crippen LogP contribution in [-0.2, 0) is 28.3 Å². The molecule has 38 heavy (non-hydrogen) atoms. The first kappa shape index (κ1) is 28.2. The summed E-state index contributed by atoms with van der Waals surface area (Å²) in [6.07, 6.45) is 5.81. The third-order valence-corrected chi connectivity index (χ3v) is 8.14. The summed E-state index contributed by atoms with van der Waals surface area (Å²) >= 11 is 7.57. The molecule has 1 aliphatic carbocycles. The summed E-state index contributed by atoms with van der Waals surface area (Å²) < 4.78 is 13.3. The SMILES string of the molecule is O=C(NC1CCCCC1)[C@@H](Cc1ccccc1)N(Cc1ccc(Cl)cc1)C(=O)CSCc1ccc(F)cc1. The lowest BCUT2D eigenvalue weighted by Crippen LogP contribution is -2.53. The summed E-state index contributed by atoms with van der Waals surface area (Å²) in [4.78, 5) is 29.2. The van der Waals surface area contributed by atoms with E-state index in [4.69, 9.17) is 11.6 Å². The van der Waals surface area contributed by atoms with E-state index in [1.54, 1.807) is 29.2 Å². The molecule has 4 nitrogen and oxygen atoms in total. The molecule has 0 spiro atoms. The average molecular weight is 553 g/mol. The van der Waals surface area contributed by atoms with Crippen molar-refractivity contribution in [3.63, 3.8) is 0 Å². The minimum atomic E-state index is -0.645. The number of nitrogens with zero attached hydrogens (tertiary/aromatic N) is 1. The highest BCUT2D eigenvalue weighted by atomic mass is 35.5. The van der Waals surface area contributed by atoms with Gasteiger partial charge in [-0.2, -0.15) is 0 Å². The number of halogens is 2. The standard InChI is InChI=1S/C31H34ClFN2O2S/c32-26-15-11-24(12-16-26)20-35(30(36)22-38-21-25-13-17-27(33)18-14-25)29(19-23-7-3-1-4-8-23)31(37)34-28-9-5-2-6-10-28/h1,3-4,7-8,11-18,28-29H,2,5-6,9-10,19-22H2,(H,34,37)/t29-/m1/s1. The van der Waals surface area contributed by atoms with Crippen molar-refractivity contribution in [3.8, 4) is 0 Å². The zero-order valence-corrected chi connectivity index (χ0v) is 23.0. The monoisotopic (exact) mass is 552 g/mol. The second-order valence-electron chi connectivity index (χ2n) is 9.82. The van der Waals surface area contributed by atoms with E-state index in [0.29, 0.717) is 23.7 Å². The molecule has 2 amide bonds. The predicted octanol–water partition coefficient (Wildman–Crippen LogP) is 6.80. The van der Waals surface area contributed by atoms with Crippen molar-refractivity contribution < 1.29 is 14.0 Å². The predicted molar refractivity (Wildman–Crippen MR) is 154 cm³/mol. The molecule has 1 aliphatic rings. The van der Waals surface area contributed by atoms with Gasteiger partial charge in [0.15, 0.2) is 0 Å². The van der Waals surface area contributed by atoms with Gasteiger partial charge in [0.2, 0.25) is 11.8 Å². The Hall–Kier alpha value is -2.83. The molecular formula is C31H34ClFN2O2S. The number of hydrogen-bond acceptors (Lipinski definition) is 3. The molecule has 1 N–H and O–H groups in total. The quantitative estimate of drug-likeness (QED) is 0.284. The number of carbonyl (C=O) groups excluding carboxylic acids is 2. The number of carbonyl (C=O) groups is 2. The van der Waals surface area contributed by atoms with Crippen molar-refractivity contribution >= 4 is 35.2 Å². The minimum Gasteiger partial charge on any atom is -0.352 e. The number of hydrogen-bond donors (Lipinski definition) is 1. The maximum Gasteiger partial charge on any atom is 0.243 e. The second kappa shape index (κ2) is 14.4. The summed E-state index contributed by atoms with van der Waals surface area (Å²) in [5.74, 6) is 0.306. The largest absolute Gasteiger partial charge is 0.352 e. The average Bonchev–Trinajstić information content (AvgIpc) is 2.94. The minimum absolute atomic E-state index is 0.105. The lowest BCUT2D eigenvalue weighted by Gasteiger charge is -2.33. The van der Waals surface area contributed by atoms with Gasteiger partial charge in [0, 0.05) is 29.8 Å². The van der Waals surface area contributed by atoms with Crippen molar-refractivity contribution in [1.29, 1.82) is 0 Å². The highest BCUT2D eigenvalue weighted by Crippen LogP contribution is 2.22. The highest BCUT2D eigenvalue weighted by molar-refractivity contribution is 7.99. The van der Waals surface area contributed by atoms with Gasteiger partial charge in [0.1, 0.15) is 11.9 Å². The Kier molecular flexibility index (Phi) is 10.6. The third kappa shape index (κ3) is 8.60. The van der Waals surface area contributed by atoms with Crippen LogP contribution in [0, 0.1) is 5.82 Å². The van der Waals surface area contributed by atoms with E-state index in [-0.39, 0.29) is 29.4 Å². The van der Waals surface area contributed by atoms with Crippen molar-refractivity contribution in [2.24, 2.45) is 0 Å². The molecule has 0 saturated heterocycles. The van der Waals surface area contributed by atoms with Crippen LogP contribution >= 0.6 is 23.4 Å². The van der Waals surface area contributed by atoms with Gasteiger partial charge in [0.05, 0.1) is 5.75 Å². The van der Waals surface area contributed by atoms with Gasteiger partial charge < -0.3 is 10.2 Å². The summed E-state index contributed by atoms with van der Waals surface area (Å²) in [6.45, 7) is 0.308. The molecule has 3 aromatic carbocycles. The fraction of sp³-hybridized carbons (Fsp3) is 0.355. The van der Waals surface area contributed by atoms with Crippen LogP contribution in [0.4, 0.5) is 4.39 Å². The molecule has 0 radical (unpaired) electrons. The molecule has 0 heterocycles. The van der Waals surface area contributed by atoms with Crippen molar-refractivity contribution in [2.75, 3.05) is 5.75 Å². The number of amides is 2. The van der Waals surface area contributed by atoms with E-state index in [9.17, 15) is 14.0 Å². The van der Waals surface area contributed by atoms with Crippen molar-refractivity contribution in [3.05, 3.63) is 106 Å².